The van der Waals surface area contributed by atoms with E-state index in [2.05, 4.69) is 62.3 Å². The highest BCUT2D eigenvalue weighted by atomic mass is 28.4. The van der Waals surface area contributed by atoms with Crippen molar-refractivity contribution >= 4 is 30.9 Å². The van der Waals surface area contributed by atoms with Gasteiger partial charge in [0.1, 0.15) is 18.3 Å². The summed E-state index contributed by atoms with van der Waals surface area (Å²) >= 11 is 0. The van der Waals surface area contributed by atoms with E-state index in [4.69, 9.17) is 28.5 Å². The molecule has 37 heavy (non-hydrogen) atoms. The zero-order valence-corrected chi connectivity index (χ0v) is 28.7. The minimum atomic E-state index is -2.14. The lowest BCUT2D eigenvalue weighted by molar-refractivity contribution is -0.218. The molecule has 1 unspecified atom stereocenters. The summed E-state index contributed by atoms with van der Waals surface area (Å²) < 4.78 is 33.6. The Labute approximate surface area is 231 Å². The Bertz CT molecular complexity index is 633. The predicted molar refractivity (Wildman–Crippen MR) is 161 cm³/mol. The fourth-order valence-corrected chi connectivity index (χ4v) is 14.3. The number of nitrogens with two attached hydrogens (primary N) is 1. The van der Waals surface area contributed by atoms with Crippen LogP contribution in [0.2, 0.25) is 54.4 Å². The van der Waals surface area contributed by atoms with Gasteiger partial charge in [0.25, 0.3) is 0 Å². The molecule has 0 bridgehead atoms. The standard InChI is InChI=1S/C27H59NO6Si3/c1-11-30-27(29)26-25(34-37(18-8,19-9)20-10)24(33-36(15-5,16-6)17-7)23(22(21-28)31-26)32-35(12-2,13-3)14-4/h22-26H,11-21,28H2,1-10H3/t22-,23-,24+,25-,26?/m1/s1. The Morgan fingerprint density at radius 1 is 0.622 bits per heavy atom. The average molecular weight is 578 g/mol. The molecule has 1 heterocycles. The largest absolute Gasteiger partial charge is 0.464 e. The highest BCUT2D eigenvalue weighted by molar-refractivity contribution is 6.74. The SMILES string of the molecule is CCOC(=O)C1O[C@H](CN)[C@@H](O[Si](CC)(CC)CC)[C@H](O[Si](CC)(CC)CC)[C@H]1O[Si](CC)(CC)CC. The summed E-state index contributed by atoms with van der Waals surface area (Å²) in [5.74, 6) is -0.383. The van der Waals surface area contributed by atoms with Crippen molar-refractivity contribution in [3.8, 4) is 0 Å². The number of esters is 1. The number of hydrogen-bond acceptors (Lipinski definition) is 7. The number of rotatable bonds is 18. The fourth-order valence-electron chi connectivity index (χ4n) is 5.79. The fraction of sp³-hybridized carbons (Fsp3) is 0.963. The van der Waals surface area contributed by atoms with Gasteiger partial charge < -0.3 is 28.5 Å². The first kappa shape index (κ1) is 34.9. The van der Waals surface area contributed by atoms with Crippen molar-refractivity contribution in [2.45, 2.75) is 154 Å². The average Bonchev–Trinajstić information content (AvgIpc) is 2.94. The molecule has 0 radical (unpaired) electrons. The van der Waals surface area contributed by atoms with E-state index in [1.54, 1.807) is 0 Å². The van der Waals surface area contributed by atoms with Gasteiger partial charge in [-0.3, -0.25) is 0 Å². The lowest BCUT2D eigenvalue weighted by atomic mass is 9.95. The summed E-state index contributed by atoms with van der Waals surface area (Å²) in [5.41, 5.74) is 6.33. The predicted octanol–water partition coefficient (Wildman–Crippen LogP) is 6.45. The van der Waals surface area contributed by atoms with Crippen LogP contribution in [0.4, 0.5) is 0 Å². The first-order valence-corrected chi connectivity index (χ1v) is 22.8. The molecule has 2 N–H and O–H groups in total. The van der Waals surface area contributed by atoms with Crippen LogP contribution in [0.25, 0.3) is 0 Å². The van der Waals surface area contributed by atoms with E-state index in [1.807, 2.05) is 6.92 Å². The molecule has 1 aliphatic rings. The molecular formula is C27H59NO6Si3. The highest BCUT2D eigenvalue weighted by Crippen LogP contribution is 2.39. The van der Waals surface area contributed by atoms with Crippen LogP contribution in [-0.4, -0.2) is 74.6 Å². The summed E-state index contributed by atoms with van der Waals surface area (Å²) in [5, 5.41) is 0. The van der Waals surface area contributed by atoms with Crippen LogP contribution in [0, 0.1) is 0 Å². The van der Waals surface area contributed by atoms with Crippen LogP contribution in [0.1, 0.15) is 69.2 Å². The van der Waals surface area contributed by atoms with Gasteiger partial charge in [-0.25, -0.2) is 4.79 Å². The molecule has 1 saturated heterocycles. The summed E-state index contributed by atoms with van der Waals surface area (Å²) in [4.78, 5) is 13.4. The number of carbonyl (C=O) groups is 1. The van der Waals surface area contributed by atoms with Crippen LogP contribution in [0.5, 0.6) is 0 Å². The van der Waals surface area contributed by atoms with E-state index in [-0.39, 0.29) is 25.2 Å². The lowest BCUT2D eigenvalue weighted by Gasteiger charge is -2.52. The normalized spacial score (nSPS) is 25.3. The summed E-state index contributed by atoms with van der Waals surface area (Å²) in [6.45, 7) is 22.4. The van der Waals surface area contributed by atoms with Gasteiger partial charge in [-0.15, -0.1) is 0 Å². The number of carbonyl (C=O) groups excluding carboxylic acids is 1. The van der Waals surface area contributed by atoms with Crippen molar-refractivity contribution in [1.29, 1.82) is 0 Å². The molecule has 1 rings (SSSR count). The molecule has 0 aromatic carbocycles. The second-order valence-electron chi connectivity index (χ2n) is 10.6. The lowest BCUT2D eigenvalue weighted by Crippen LogP contribution is -2.69. The minimum absolute atomic E-state index is 0.256. The van der Waals surface area contributed by atoms with E-state index in [9.17, 15) is 4.79 Å². The minimum Gasteiger partial charge on any atom is -0.464 e. The molecule has 0 amide bonds. The smallest absolute Gasteiger partial charge is 0.338 e. The van der Waals surface area contributed by atoms with E-state index >= 15 is 0 Å². The van der Waals surface area contributed by atoms with Gasteiger partial charge in [0, 0.05) is 6.54 Å². The summed E-state index contributed by atoms with van der Waals surface area (Å²) in [7, 11) is -6.29. The second-order valence-corrected chi connectivity index (χ2v) is 24.7. The van der Waals surface area contributed by atoms with E-state index < -0.39 is 49.4 Å². The molecule has 7 nitrogen and oxygen atoms in total. The van der Waals surface area contributed by atoms with Crippen LogP contribution in [-0.2, 0) is 27.5 Å². The molecule has 0 aromatic rings. The monoisotopic (exact) mass is 577 g/mol. The van der Waals surface area contributed by atoms with Crippen molar-refractivity contribution in [3.63, 3.8) is 0 Å². The van der Waals surface area contributed by atoms with Gasteiger partial charge in [-0.1, -0.05) is 62.3 Å². The molecule has 1 aliphatic heterocycles. The molecule has 220 valence electrons. The Morgan fingerprint density at radius 3 is 1.30 bits per heavy atom. The first-order chi connectivity index (χ1) is 17.6. The summed E-state index contributed by atoms with van der Waals surface area (Å²) in [6, 6.07) is 8.98. The van der Waals surface area contributed by atoms with Crippen LogP contribution in [0.3, 0.4) is 0 Å². The third kappa shape index (κ3) is 8.22. The summed E-state index contributed by atoms with van der Waals surface area (Å²) in [6.07, 6.45) is -2.65. The van der Waals surface area contributed by atoms with Crippen LogP contribution < -0.4 is 5.73 Å². The van der Waals surface area contributed by atoms with Crippen molar-refractivity contribution in [1.82, 2.24) is 0 Å². The van der Waals surface area contributed by atoms with E-state index in [0.29, 0.717) is 0 Å². The molecule has 0 spiro atoms. The molecule has 10 heteroatoms. The van der Waals surface area contributed by atoms with Crippen molar-refractivity contribution < 1.29 is 27.5 Å². The van der Waals surface area contributed by atoms with E-state index in [0.717, 1.165) is 54.4 Å². The first-order valence-electron chi connectivity index (χ1n) is 15.2. The topological polar surface area (TPSA) is 89.2 Å². The van der Waals surface area contributed by atoms with Gasteiger partial charge in [0.05, 0.1) is 12.7 Å². The molecule has 5 atom stereocenters. The third-order valence-corrected chi connectivity index (χ3v) is 23.3. The highest BCUT2D eigenvalue weighted by Gasteiger charge is 2.56. The van der Waals surface area contributed by atoms with Gasteiger partial charge in [-0.05, 0) is 61.3 Å². The van der Waals surface area contributed by atoms with Gasteiger partial charge in [-0.2, -0.15) is 0 Å². The Hall–Kier alpha value is -0.0794. The Balaban J connectivity index is 3.81. The molecule has 0 aromatic heterocycles. The van der Waals surface area contributed by atoms with Crippen LogP contribution >= 0.6 is 0 Å². The maximum Gasteiger partial charge on any atom is 0.338 e. The molecule has 0 saturated carbocycles. The van der Waals surface area contributed by atoms with Crippen molar-refractivity contribution in [3.05, 3.63) is 0 Å². The van der Waals surface area contributed by atoms with Gasteiger partial charge >= 0.3 is 5.97 Å². The second kappa shape index (κ2) is 16.2. The van der Waals surface area contributed by atoms with Crippen LogP contribution in [0.15, 0.2) is 0 Å². The Morgan fingerprint density at radius 2 is 0.973 bits per heavy atom. The zero-order valence-electron chi connectivity index (χ0n) is 25.7. The number of ether oxygens (including phenoxy) is 2. The quantitative estimate of drug-likeness (QED) is 0.148. The van der Waals surface area contributed by atoms with Crippen molar-refractivity contribution in [2.75, 3.05) is 13.2 Å². The molecule has 0 aliphatic carbocycles. The zero-order chi connectivity index (χ0) is 28.3. The molecular weight excluding hydrogens is 519 g/mol. The maximum absolute atomic E-state index is 13.4. The third-order valence-electron chi connectivity index (χ3n) is 9.34. The van der Waals surface area contributed by atoms with Crippen molar-refractivity contribution in [2.24, 2.45) is 5.73 Å². The van der Waals surface area contributed by atoms with Gasteiger partial charge in [0.15, 0.2) is 31.1 Å². The van der Waals surface area contributed by atoms with Gasteiger partial charge in [0.2, 0.25) is 0 Å². The maximum atomic E-state index is 13.4. The Kier molecular flexibility index (Phi) is 15.3. The molecule has 1 fully saturated rings. The van der Waals surface area contributed by atoms with E-state index in [1.165, 1.54) is 0 Å². The number of hydrogen-bond donors (Lipinski definition) is 1.